The number of rotatable bonds is 4. The maximum Gasteiger partial charge on any atom is 0.0820 e. The van der Waals surface area contributed by atoms with Gasteiger partial charge in [0.15, 0.2) is 0 Å². The summed E-state index contributed by atoms with van der Waals surface area (Å²) < 4.78 is 0. The first-order valence-electron chi connectivity index (χ1n) is 6.58. The summed E-state index contributed by atoms with van der Waals surface area (Å²) in [5.74, 6) is 0.487. The second-order valence-corrected chi connectivity index (χ2v) is 4.94. The van der Waals surface area contributed by atoms with Crippen molar-refractivity contribution in [3.8, 4) is 0 Å². The van der Waals surface area contributed by atoms with Gasteiger partial charge in [-0.05, 0) is 36.3 Å². The van der Waals surface area contributed by atoms with E-state index in [1.165, 1.54) is 36.8 Å². The molecule has 0 saturated carbocycles. The maximum absolute atomic E-state index is 10.3. The molecular formula is C15H22O. The van der Waals surface area contributed by atoms with Crippen LogP contribution in [0.4, 0.5) is 0 Å². The summed E-state index contributed by atoms with van der Waals surface area (Å²) in [5.41, 5.74) is 2.52. The zero-order chi connectivity index (χ0) is 11.4. The van der Waals surface area contributed by atoms with Crippen LogP contribution in [0.3, 0.4) is 0 Å². The molecule has 2 rings (SSSR count). The van der Waals surface area contributed by atoms with E-state index in [2.05, 4.69) is 25.1 Å². The lowest BCUT2D eigenvalue weighted by Crippen LogP contribution is -2.20. The Bertz CT molecular complexity index is 332. The predicted molar refractivity (Wildman–Crippen MR) is 67.4 cm³/mol. The van der Waals surface area contributed by atoms with Gasteiger partial charge in [0.1, 0.15) is 0 Å². The Morgan fingerprint density at radius 2 is 2.06 bits per heavy atom. The molecule has 0 radical (unpaired) electrons. The molecule has 0 heterocycles. The van der Waals surface area contributed by atoms with E-state index in [0.29, 0.717) is 5.92 Å². The van der Waals surface area contributed by atoms with Gasteiger partial charge in [-0.15, -0.1) is 0 Å². The first kappa shape index (κ1) is 11.7. The van der Waals surface area contributed by atoms with Crippen molar-refractivity contribution in [2.75, 3.05) is 0 Å². The van der Waals surface area contributed by atoms with Crippen LogP contribution in [0.15, 0.2) is 24.3 Å². The molecule has 0 fully saturated rings. The third-order valence-corrected chi connectivity index (χ3v) is 3.78. The van der Waals surface area contributed by atoms with Gasteiger partial charge in [-0.1, -0.05) is 50.5 Å². The van der Waals surface area contributed by atoms with Gasteiger partial charge in [0.05, 0.1) is 6.10 Å². The highest BCUT2D eigenvalue weighted by Crippen LogP contribution is 2.36. The van der Waals surface area contributed by atoms with Crippen molar-refractivity contribution in [2.24, 2.45) is 5.92 Å². The van der Waals surface area contributed by atoms with Crippen molar-refractivity contribution in [3.63, 3.8) is 0 Å². The Kier molecular flexibility index (Phi) is 4.00. The van der Waals surface area contributed by atoms with E-state index in [9.17, 15) is 5.11 Å². The van der Waals surface area contributed by atoms with Crippen LogP contribution in [0.1, 0.15) is 56.3 Å². The van der Waals surface area contributed by atoms with Crippen LogP contribution in [-0.2, 0) is 6.42 Å². The smallest absolute Gasteiger partial charge is 0.0820 e. The number of aryl methyl sites for hydroxylation is 1. The average molecular weight is 218 g/mol. The van der Waals surface area contributed by atoms with Gasteiger partial charge in [0.2, 0.25) is 0 Å². The monoisotopic (exact) mass is 218 g/mol. The van der Waals surface area contributed by atoms with Crippen molar-refractivity contribution < 1.29 is 5.11 Å². The molecule has 1 aliphatic rings. The summed E-state index contributed by atoms with van der Waals surface area (Å²) in [6.07, 6.45) is 7.08. The van der Waals surface area contributed by atoms with E-state index in [4.69, 9.17) is 0 Å². The molecule has 0 bridgehead atoms. The Balaban J connectivity index is 2.00. The largest absolute Gasteiger partial charge is 0.388 e. The Hall–Kier alpha value is -0.820. The van der Waals surface area contributed by atoms with Gasteiger partial charge in [0, 0.05) is 0 Å². The second-order valence-electron chi connectivity index (χ2n) is 4.94. The highest BCUT2D eigenvalue weighted by molar-refractivity contribution is 5.31. The molecule has 2 atom stereocenters. The molecule has 1 heteroatoms. The van der Waals surface area contributed by atoms with Crippen molar-refractivity contribution >= 4 is 0 Å². The van der Waals surface area contributed by atoms with Gasteiger partial charge in [-0.2, -0.15) is 0 Å². The van der Waals surface area contributed by atoms with Crippen molar-refractivity contribution in [1.29, 1.82) is 0 Å². The Morgan fingerprint density at radius 1 is 1.25 bits per heavy atom. The molecule has 1 N–H and O–H groups in total. The first-order chi connectivity index (χ1) is 7.83. The maximum atomic E-state index is 10.3. The van der Waals surface area contributed by atoms with E-state index >= 15 is 0 Å². The number of unbranched alkanes of at least 4 members (excludes halogenated alkanes) is 2. The third kappa shape index (κ3) is 2.46. The van der Waals surface area contributed by atoms with Gasteiger partial charge in [-0.3, -0.25) is 0 Å². The number of benzene rings is 1. The molecule has 0 aliphatic heterocycles. The van der Waals surface area contributed by atoms with E-state index in [0.717, 1.165) is 12.8 Å². The fraction of sp³-hybridized carbons (Fsp3) is 0.600. The number of aliphatic hydroxyl groups is 1. The zero-order valence-electron chi connectivity index (χ0n) is 10.2. The average Bonchev–Trinajstić information content (AvgIpc) is 2.33. The van der Waals surface area contributed by atoms with Gasteiger partial charge in [-0.25, -0.2) is 0 Å². The van der Waals surface area contributed by atoms with Crippen molar-refractivity contribution in [1.82, 2.24) is 0 Å². The summed E-state index contributed by atoms with van der Waals surface area (Å²) >= 11 is 0. The predicted octanol–water partition coefficient (Wildman–Crippen LogP) is 3.86. The molecule has 0 amide bonds. The van der Waals surface area contributed by atoms with Crippen LogP contribution in [0.25, 0.3) is 0 Å². The van der Waals surface area contributed by atoms with Gasteiger partial charge >= 0.3 is 0 Å². The quantitative estimate of drug-likeness (QED) is 0.761. The highest BCUT2D eigenvalue weighted by atomic mass is 16.3. The van der Waals surface area contributed by atoms with Crippen LogP contribution >= 0.6 is 0 Å². The fourth-order valence-corrected chi connectivity index (χ4v) is 2.76. The standard InChI is InChI=1S/C15H22O/c1-2-3-4-8-13-11-10-12-7-5-6-9-14(12)15(13)16/h5-7,9,13,15-16H,2-4,8,10-11H2,1H3. The Labute approximate surface area is 98.5 Å². The number of hydrogen-bond acceptors (Lipinski definition) is 1. The van der Waals surface area contributed by atoms with E-state index in [1.54, 1.807) is 0 Å². The summed E-state index contributed by atoms with van der Waals surface area (Å²) in [6, 6.07) is 8.35. The molecule has 0 saturated heterocycles. The number of aliphatic hydroxyl groups excluding tert-OH is 1. The molecule has 1 aromatic rings. The molecule has 1 aromatic carbocycles. The highest BCUT2D eigenvalue weighted by Gasteiger charge is 2.26. The third-order valence-electron chi connectivity index (χ3n) is 3.78. The van der Waals surface area contributed by atoms with Crippen LogP contribution in [0.2, 0.25) is 0 Å². The van der Waals surface area contributed by atoms with E-state index < -0.39 is 0 Å². The summed E-state index contributed by atoms with van der Waals surface area (Å²) in [5, 5.41) is 10.3. The van der Waals surface area contributed by atoms with E-state index in [1.807, 2.05) is 6.07 Å². The minimum Gasteiger partial charge on any atom is -0.388 e. The normalized spacial score (nSPS) is 24.1. The summed E-state index contributed by atoms with van der Waals surface area (Å²) in [7, 11) is 0. The lowest BCUT2D eigenvalue weighted by atomic mass is 9.79. The lowest BCUT2D eigenvalue weighted by Gasteiger charge is -2.30. The fourth-order valence-electron chi connectivity index (χ4n) is 2.76. The molecule has 0 aromatic heterocycles. The van der Waals surface area contributed by atoms with Crippen molar-refractivity contribution in [3.05, 3.63) is 35.4 Å². The summed E-state index contributed by atoms with van der Waals surface area (Å²) in [6.45, 7) is 2.23. The first-order valence-corrected chi connectivity index (χ1v) is 6.58. The van der Waals surface area contributed by atoms with Gasteiger partial charge in [0.25, 0.3) is 0 Å². The van der Waals surface area contributed by atoms with E-state index in [-0.39, 0.29) is 6.10 Å². The summed E-state index contributed by atoms with van der Waals surface area (Å²) in [4.78, 5) is 0. The molecule has 1 nitrogen and oxygen atoms in total. The number of fused-ring (bicyclic) bond motifs is 1. The van der Waals surface area contributed by atoms with Crippen LogP contribution in [0, 0.1) is 5.92 Å². The molecule has 1 aliphatic carbocycles. The Morgan fingerprint density at radius 3 is 2.88 bits per heavy atom. The molecule has 0 spiro atoms. The zero-order valence-corrected chi connectivity index (χ0v) is 10.2. The van der Waals surface area contributed by atoms with Crippen LogP contribution in [0.5, 0.6) is 0 Å². The second kappa shape index (κ2) is 5.49. The van der Waals surface area contributed by atoms with Crippen LogP contribution < -0.4 is 0 Å². The number of hydrogen-bond donors (Lipinski definition) is 1. The lowest BCUT2D eigenvalue weighted by molar-refractivity contribution is 0.0869. The van der Waals surface area contributed by atoms with Gasteiger partial charge < -0.3 is 5.11 Å². The topological polar surface area (TPSA) is 20.2 Å². The molecule has 2 unspecified atom stereocenters. The minimum absolute atomic E-state index is 0.221. The molecule has 16 heavy (non-hydrogen) atoms. The minimum atomic E-state index is -0.221. The molecule has 88 valence electrons. The SMILES string of the molecule is CCCCCC1CCc2ccccc2C1O. The molecular weight excluding hydrogens is 196 g/mol. The van der Waals surface area contributed by atoms with Crippen LogP contribution in [-0.4, -0.2) is 5.11 Å². The van der Waals surface area contributed by atoms with Crippen molar-refractivity contribution in [2.45, 2.75) is 51.6 Å².